The van der Waals surface area contributed by atoms with Crippen molar-refractivity contribution in [3.8, 4) is 34.6 Å². The summed E-state index contributed by atoms with van der Waals surface area (Å²) in [5.41, 5.74) is 1.86. The Hall–Kier alpha value is -2.98. The van der Waals surface area contributed by atoms with E-state index < -0.39 is 0 Å². The van der Waals surface area contributed by atoms with Crippen molar-refractivity contribution in [3.63, 3.8) is 0 Å². The number of thioether (sulfide) groups is 1. The van der Waals surface area contributed by atoms with Crippen LogP contribution >= 0.6 is 11.8 Å². The minimum Gasteiger partial charge on any atom is -0.497 e. The molecule has 0 amide bonds. The number of rotatable bonds is 8. The lowest BCUT2D eigenvalue weighted by atomic mass is 10.2. The van der Waals surface area contributed by atoms with E-state index in [0.29, 0.717) is 6.42 Å². The molecule has 6 nitrogen and oxygen atoms in total. The van der Waals surface area contributed by atoms with Gasteiger partial charge in [0.25, 0.3) is 0 Å². The van der Waals surface area contributed by atoms with Gasteiger partial charge in [-0.15, -0.1) is 10.2 Å². The van der Waals surface area contributed by atoms with E-state index in [2.05, 4.69) is 16.3 Å². The van der Waals surface area contributed by atoms with Gasteiger partial charge in [-0.2, -0.15) is 5.26 Å². The van der Waals surface area contributed by atoms with Crippen molar-refractivity contribution in [3.05, 3.63) is 48.5 Å². The Morgan fingerprint density at radius 3 is 2.52 bits per heavy atom. The van der Waals surface area contributed by atoms with Crippen molar-refractivity contribution in [2.75, 3.05) is 20.0 Å². The molecule has 0 bridgehead atoms. The Morgan fingerprint density at radius 2 is 1.81 bits per heavy atom. The van der Waals surface area contributed by atoms with Gasteiger partial charge in [0.2, 0.25) is 0 Å². The first-order chi connectivity index (χ1) is 13.3. The third-order valence-electron chi connectivity index (χ3n) is 3.96. The SMILES string of the molecule is COc1ccc(-n2c(SCCCC#N)nnc2-c2cccc(OC)c2)cc1. The van der Waals surface area contributed by atoms with Crippen LogP contribution < -0.4 is 9.47 Å². The fourth-order valence-corrected chi connectivity index (χ4v) is 3.48. The average molecular weight is 380 g/mol. The van der Waals surface area contributed by atoms with E-state index in [1.165, 1.54) is 0 Å². The molecule has 0 atom stereocenters. The number of methoxy groups -OCH3 is 2. The number of nitriles is 1. The van der Waals surface area contributed by atoms with Crippen LogP contribution in [0.4, 0.5) is 0 Å². The summed E-state index contributed by atoms with van der Waals surface area (Å²) in [7, 11) is 3.29. The molecule has 1 aromatic heterocycles. The molecule has 7 heteroatoms. The maximum absolute atomic E-state index is 8.73. The highest BCUT2D eigenvalue weighted by Gasteiger charge is 2.16. The first kappa shape index (κ1) is 18.8. The van der Waals surface area contributed by atoms with Gasteiger partial charge in [-0.05, 0) is 42.8 Å². The first-order valence-electron chi connectivity index (χ1n) is 8.51. The van der Waals surface area contributed by atoms with E-state index in [-0.39, 0.29) is 0 Å². The second-order valence-corrected chi connectivity index (χ2v) is 6.74. The normalized spacial score (nSPS) is 10.4. The standard InChI is InChI=1S/C20H20N4O2S/c1-25-17-10-8-16(9-11-17)24-19(15-6-5-7-18(14-15)26-2)22-23-20(24)27-13-4-3-12-21/h5-11,14H,3-4,13H2,1-2H3. The van der Waals surface area contributed by atoms with E-state index in [0.717, 1.165) is 45.9 Å². The van der Waals surface area contributed by atoms with E-state index in [1.807, 2.05) is 53.1 Å². The van der Waals surface area contributed by atoms with Gasteiger partial charge in [0.1, 0.15) is 11.5 Å². The smallest absolute Gasteiger partial charge is 0.196 e. The molecule has 0 saturated heterocycles. The van der Waals surface area contributed by atoms with Crippen molar-refractivity contribution in [2.45, 2.75) is 18.0 Å². The van der Waals surface area contributed by atoms with Crippen LogP contribution in [0, 0.1) is 11.3 Å². The van der Waals surface area contributed by atoms with Gasteiger partial charge in [0.05, 0.1) is 20.3 Å². The quantitative estimate of drug-likeness (QED) is 0.427. The number of ether oxygens (including phenoxy) is 2. The van der Waals surface area contributed by atoms with Crippen LogP contribution in [-0.4, -0.2) is 34.7 Å². The number of benzene rings is 2. The summed E-state index contributed by atoms with van der Waals surface area (Å²) in [6.07, 6.45) is 1.34. The van der Waals surface area contributed by atoms with Crippen LogP contribution in [0.1, 0.15) is 12.8 Å². The van der Waals surface area contributed by atoms with Crippen LogP contribution in [0.15, 0.2) is 53.7 Å². The van der Waals surface area contributed by atoms with Crippen LogP contribution in [0.3, 0.4) is 0 Å². The molecular formula is C20H20N4O2S. The zero-order chi connectivity index (χ0) is 19.1. The number of nitrogens with zero attached hydrogens (tertiary/aromatic N) is 4. The number of hydrogen-bond acceptors (Lipinski definition) is 6. The molecule has 2 aromatic carbocycles. The molecule has 3 rings (SSSR count). The second kappa shape index (κ2) is 9.10. The van der Waals surface area contributed by atoms with Gasteiger partial charge in [-0.25, -0.2) is 0 Å². The fourth-order valence-electron chi connectivity index (χ4n) is 2.59. The number of hydrogen-bond donors (Lipinski definition) is 0. The zero-order valence-corrected chi connectivity index (χ0v) is 16.1. The fraction of sp³-hybridized carbons (Fsp3) is 0.250. The second-order valence-electron chi connectivity index (χ2n) is 5.68. The predicted molar refractivity (Wildman–Crippen MR) is 105 cm³/mol. The molecule has 27 heavy (non-hydrogen) atoms. The maximum atomic E-state index is 8.73. The first-order valence-corrected chi connectivity index (χ1v) is 9.49. The molecule has 0 spiro atoms. The Morgan fingerprint density at radius 1 is 1.04 bits per heavy atom. The molecule has 0 aliphatic heterocycles. The van der Waals surface area contributed by atoms with Crippen molar-refractivity contribution in [1.29, 1.82) is 5.26 Å². The van der Waals surface area contributed by atoms with Gasteiger partial charge in [0, 0.05) is 23.4 Å². The number of unbranched alkanes of at least 4 members (excludes halogenated alkanes) is 1. The van der Waals surface area contributed by atoms with Crippen molar-refractivity contribution in [1.82, 2.24) is 14.8 Å². The van der Waals surface area contributed by atoms with Gasteiger partial charge < -0.3 is 9.47 Å². The molecule has 0 saturated carbocycles. The highest BCUT2D eigenvalue weighted by molar-refractivity contribution is 7.99. The minimum atomic E-state index is 0.534. The summed E-state index contributed by atoms with van der Waals surface area (Å²) in [5, 5.41) is 18.3. The van der Waals surface area contributed by atoms with Gasteiger partial charge in [-0.1, -0.05) is 23.9 Å². The minimum absolute atomic E-state index is 0.534. The molecule has 0 fully saturated rings. The van der Waals surface area contributed by atoms with Crippen LogP contribution in [0.5, 0.6) is 11.5 Å². The van der Waals surface area contributed by atoms with Crippen LogP contribution in [-0.2, 0) is 0 Å². The van der Waals surface area contributed by atoms with E-state index >= 15 is 0 Å². The summed E-state index contributed by atoms with van der Waals surface area (Å²) >= 11 is 1.59. The molecule has 0 aliphatic carbocycles. The lowest BCUT2D eigenvalue weighted by Crippen LogP contribution is -2.00. The largest absolute Gasteiger partial charge is 0.497 e. The van der Waals surface area contributed by atoms with Crippen LogP contribution in [0.2, 0.25) is 0 Å². The van der Waals surface area contributed by atoms with E-state index in [4.69, 9.17) is 14.7 Å². The summed E-state index contributed by atoms with van der Waals surface area (Å²) in [6, 6.07) is 17.7. The Kier molecular flexibility index (Phi) is 6.34. The molecule has 0 aliphatic rings. The van der Waals surface area contributed by atoms with Crippen molar-refractivity contribution >= 4 is 11.8 Å². The van der Waals surface area contributed by atoms with E-state index in [9.17, 15) is 0 Å². The van der Waals surface area contributed by atoms with Gasteiger partial charge in [0.15, 0.2) is 11.0 Å². The topological polar surface area (TPSA) is 73.0 Å². The highest BCUT2D eigenvalue weighted by Crippen LogP contribution is 2.30. The predicted octanol–water partition coefficient (Wildman–Crippen LogP) is 4.35. The highest BCUT2D eigenvalue weighted by atomic mass is 32.2. The monoisotopic (exact) mass is 380 g/mol. The van der Waals surface area contributed by atoms with Crippen LogP contribution in [0.25, 0.3) is 17.1 Å². The maximum Gasteiger partial charge on any atom is 0.196 e. The molecule has 138 valence electrons. The lowest BCUT2D eigenvalue weighted by Gasteiger charge is -2.11. The molecule has 0 radical (unpaired) electrons. The molecule has 1 heterocycles. The molecule has 0 N–H and O–H groups in total. The lowest BCUT2D eigenvalue weighted by molar-refractivity contribution is 0.414. The summed E-state index contributed by atoms with van der Waals surface area (Å²) in [5.74, 6) is 3.10. The average Bonchev–Trinajstić information content (AvgIpc) is 3.15. The van der Waals surface area contributed by atoms with E-state index in [1.54, 1.807) is 26.0 Å². The summed E-state index contributed by atoms with van der Waals surface area (Å²) in [4.78, 5) is 0. The Bertz CT molecular complexity index is 932. The third-order valence-corrected chi connectivity index (χ3v) is 4.97. The third kappa shape index (κ3) is 4.41. The summed E-state index contributed by atoms with van der Waals surface area (Å²) < 4.78 is 12.6. The summed E-state index contributed by atoms with van der Waals surface area (Å²) in [6.45, 7) is 0. The van der Waals surface area contributed by atoms with Gasteiger partial charge in [-0.3, -0.25) is 4.57 Å². The molecular weight excluding hydrogens is 360 g/mol. The molecule has 3 aromatic rings. The zero-order valence-electron chi connectivity index (χ0n) is 15.3. The Balaban J connectivity index is 2.01. The van der Waals surface area contributed by atoms with Crippen molar-refractivity contribution in [2.24, 2.45) is 0 Å². The van der Waals surface area contributed by atoms with Gasteiger partial charge >= 0.3 is 0 Å². The van der Waals surface area contributed by atoms with Crippen molar-refractivity contribution < 1.29 is 9.47 Å². The number of aromatic nitrogens is 3. The molecule has 0 unspecified atom stereocenters. The Labute approximate surface area is 162 Å².